The molecule has 48 valence electrons. The lowest BCUT2D eigenvalue weighted by atomic mass is 10.3. The fraction of sp³-hybridized carbons (Fsp3) is 0.143. The van der Waals surface area contributed by atoms with Crippen LogP contribution in [0, 0.1) is 7.05 Å². The Morgan fingerprint density at radius 3 is 3.00 bits per heavy atom. The first kappa shape index (κ1) is 6.23. The standard InChI is InChI=1S/C7H10N2/c1-8-6-7-4-2-3-5-9-7/h2-5H,1,6,8H2. The van der Waals surface area contributed by atoms with Gasteiger partial charge in [0.1, 0.15) is 0 Å². The lowest BCUT2D eigenvalue weighted by Crippen LogP contribution is -2.75. The molecule has 0 spiro atoms. The van der Waals surface area contributed by atoms with Gasteiger partial charge in [-0.3, -0.25) is 4.98 Å². The Hall–Kier alpha value is -0.890. The van der Waals surface area contributed by atoms with Crippen LogP contribution >= 0.6 is 0 Å². The second-order valence-corrected chi connectivity index (χ2v) is 1.81. The van der Waals surface area contributed by atoms with Gasteiger partial charge in [-0.05, 0) is 12.1 Å². The van der Waals surface area contributed by atoms with Crippen LogP contribution in [0.1, 0.15) is 5.69 Å². The molecule has 9 heavy (non-hydrogen) atoms. The van der Waals surface area contributed by atoms with Crippen LogP contribution in [-0.4, -0.2) is 4.98 Å². The fourth-order valence-corrected chi connectivity index (χ4v) is 0.667. The maximum absolute atomic E-state index is 4.10. The molecule has 0 bridgehead atoms. The van der Waals surface area contributed by atoms with E-state index >= 15 is 0 Å². The molecule has 2 N–H and O–H groups in total. The van der Waals surface area contributed by atoms with Crippen molar-refractivity contribution in [2.75, 3.05) is 0 Å². The maximum atomic E-state index is 4.10. The number of hydrogen-bond acceptors (Lipinski definition) is 1. The lowest BCUT2D eigenvalue weighted by molar-refractivity contribution is -0.612. The summed E-state index contributed by atoms with van der Waals surface area (Å²) >= 11 is 0. The van der Waals surface area contributed by atoms with Gasteiger partial charge in [0.15, 0.2) is 0 Å². The minimum atomic E-state index is 0.862. The Labute approximate surface area is 54.9 Å². The average molecular weight is 122 g/mol. The molecular weight excluding hydrogens is 112 g/mol. The molecule has 0 aromatic carbocycles. The second kappa shape index (κ2) is 3.20. The van der Waals surface area contributed by atoms with Crippen molar-refractivity contribution in [1.29, 1.82) is 0 Å². The van der Waals surface area contributed by atoms with Gasteiger partial charge in [-0.25, -0.2) is 0 Å². The van der Waals surface area contributed by atoms with Gasteiger partial charge in [-0.15, -0.1) is 0 Å². The van der Waals surface area contributed by atoms with Crippen LogP contribution < -0.4 is 5.32 Å². The monoisotopic (exact) mass is 122 g/mol. The van der Waals surface area contributed by atoms with Gasteiger partial charge in [0.05, 0.1) is 12.2 Å². The molecule has 0 atom stereocenters. The molecule has 1 aromatic heterocycles. The van der Waals surface area contributed by atoms with E-state index in [1.54, 1.807) is 6.20 Å². The number of nitrogens with two attached hydrogens (primary N) is 1. The summed E-state index contributed by atoms with van der Waals surface area (Å²) in [6, 6.07) is 5.88. The van der Waals surface area contributed by atoms with Gasteiger partial charge in [0.25, 0.3) is 0 Å². The van der Waals surface area contributed by atoms with Gasteiger partial charge < -0.3 is 5.32 Å². The minimum absolute atomic E-state index is 0.862. The van der Waals surface area contributed by atoms with Crippen LogP contribution in [0.4, 0.5) is 0 Å². The molecule has 2 heteroatoms. The Balaban J connectivity index is 2.61. The number of hydrogen-bond donors (Lipinski definition) is 1. The molecule has 0 saturated heterocycles. The predicted octanol–water partition coefficient (Wildman–Crippen LogP) is -0.0634. The van der Waals surface area contributed by atoms with E-state index in [9.17, 15) is 0 Å². The molecule has 1 heterocycles. The van der Waals surface area contributed by atoms with Crippen molar-refractivity contribution in [2.45, 2.75) is 6.54 Å². The van der Waals surface area contributed by atoms with E-state index in [2.05, 4.69) is 12.0 Å². The Bertz CT molecular complexity index is 160. The van der Waals surface area contributed by atoms with E-state index in [0.29, 0.717) is 0 Å². The molecule has 1 aromatic rings. The molecule has 0 fully saturated rings. The highest BCUT2D eigenvalue weighted by Gasteiger charge is 1.86. The van der Waals surface area contributed by atoms with Gasteiger partial charge in [-0.2, -0.15) is 7.05 Å². The second-order valence-electron chi connectivity index (χ2n) is 1.81. The maximum Gasteiger partial charge on any atom is 0.0946 e. The van der Waals surface area contributed by atoms with Crippen LogP contribution in [0.25, 0.3) is 0 Å². The summed E-state index contributed by atoms with van der Waals surface area (Å²) in [7, 11) is 3.62. The quantitative estimate of drug-likeness (QED) is 0.547. The first-order valence-electron chi connectivity index (χ1n) is 2.94. The van der Waals surface area contributed by atoms with Crippen molar-refractivity contribution in [3.63, 3.8) is 0 Å². The zero-order chi connectivity index (χ0) is 6.53. The number of pyridine rings is 1. The zero-order valence-electron chi connectivity index (χ0n) is 5.25. The average Bonchev–Trinajstić information content (AvgIpc) is 1.91. The minimum Gasteiger partial charge on any atom is -0.474 e. The molecule has 0 saturated carbocycles. The van der Waals surface area contributed by atoms with Gasteiger partial charge >= 0.3 is 0 Å². The van der Waals surface area contributed by atoms with E-state index in [4.69, 9.17) is 0 Å². The summed E-state index contributed by atoms with van der Waals surface area (Å²) in [5.41, 5.74) is 1.08. The molecule has 0 aliphatic carbocycles. The van der Waals surface area contributed by atoms with Crippen molar-refractivity contribution < 1.29 is 5.32 Å². The van der Waals surface area contributed by atoms with E-state index in [0.717, 1.165) is 12.2 Å². The first-order chi connectivity index (χ1) is 4.43. The van der Waals surface area contributed by atoms with Gasteiger partial charge in [0, 0.05) is 6.20 Å². The normalized spacial score (nSPS) is 9.44. The molecule has 1 rings (SSSR count). The third-order valence-corrected chi connectivity index (χ3v) is 1.08. The summed E-state index contributed by atoms with van der Waals surface area (Å²) in [6.45, 7) is 0.862. The topological polar surface area (TPSA) is 29.5 Å². The van der Waals surface area contributed by atoms with E-state index in [1.165, 1.54) is 0 Å². The molecule has 0 aliphatic heterocycles. The molecule has 0 amide bonds. The van der Waals surface area contributed by atoms with Crippen LogP contribution in [0.3, 0.4) is 0 Å². The highest BCUT2D eigenvalue weighted by atomic mass is 14.8. The zero-order valence-corrected chi connectivity index (χ0v) is 5.25. The third kappa shape index (κ3) is 1.82. The Morgan fingerprint density at radius 2 is 2.44 bits per heavy atom. The molecule has 0 aliphatic rings. The third-order valence-electron chi connectivity index (χ3n) is 1.08. The largest absolute Gasteiger partial charge is 0.474 e. The summed E-state index contributed by atoms with van der Waals surface area (Å²) in [4.78, 5) is 4.10. The number of quaternary nitrogens is 1. The number of nitrogens with zero attached hydrogens (tertiary/aromatic N) is 1. The Morgan fingerprint density at radius 1 is 1.56 bits per heavy atom. The smallest absolute Gasteiger partial charge is 0.0946 e. The lowest BCUT2D eigenvalue weighted by Gasteiger charge is -1.96. The van der Waals surface area contributed by atoms with Crippen LogP contribution in [0.5, 0.6) is 0 Å². The van der Waals surface area contributed by atoms with E-state index < -0.39 is 0 Å². The highest BCUT2D eigenvalue weighted by Crippen LogP contribution is 1.87. The SMILES string of the molecule is [CH2-][NH2+]Cc1ccccn1. The van der Waals surface area contributed by atoms with Crippen LogP contribution in [-0.2, 0) is 6.54 Å². The fourth-order valence-electron chi connectivity index (χ4n) is 0.667. The van der Waals surface area contributed by atoms with Crippen molar-refractivity contribution in [3.8, 4) is 0 Å². The molecule has 0 radical (unpaired) electrons. The van der Waals surface area contributed by atoms with Gasteiger partial charge in [-0.1, -0.05) is 6.07 Å². The summed E-state index contributed by atoms with van der Waals surface area (Å²) in [5, 5.41) is 1.85. The number of rotatable bonds is 2. The predicted molar refractivity (Wildman–Crippen MR) is 35.2 cm³/mol. The van der Waals surface area contributed by atoms with Crippen molar-refractivity contribution in [1.82, 2.24) is 4.98 Å². The van der Waals surface area contributed by atoms with E-state index in [1.807, 2.05) is 23.5 Å². The molecular formula is C7H10N2. The van der Waals surface area contributed by atoms with Crippen molar-refractivity contribution in [2.24, 2.45) is 0 Å². The Kier molecular flexibility index (Phi) is 2.22. The van der Waals surface area contributed by atoms with Crippen molar-refractivity contribution >= 4 is 0 Å². The van der Waals surface area contributed by atoms with Crippen molar-refractivity contribution in [3.05, 3.63) is 37.1 Å². The van der Waals surface area contributed by atoms with E-state index in [-0.39, 0.29) is 0 Å². The van der Waals surface area contributed by atoms with Crippen LogP contribution in [0.15, 0.2) is 24.4 Å². The number of aromatic nitrogens is 1. The molecule has 0 unspecified atom stereocenters. The summed E-state index contributed by atoms with van der Waals surface area (Å²) < 4.78 is 0. The first-order valence-corrected chi connectivity index (χ1v) is 2.94. The molecule has 2 nitrogen and oxygen atoms in total. The van der Waals surface area contributed by atoms with Gasteiger partial charge in [0.2, 0.25) is 0 Å². The summed E-state index contributed by atoms with van der Waals surface area (Å²) in [6.07, 6.45) is 1.79. The van der Waals surface area contributed by atoms with Crippen LogP contribution in [0.2, 0.25) is 0 Å². The summed E-state index contributed by atoms with van der Waals surface area (Å²) in [5.74, 6) is 0. The highest BCUT2D eigenvalue weighted by molar-refractivity contribution is 5.01.